The highest BCUT2D eigenvalue weighted by Gasteiger charge is 2.19. The Labute approximate surface area is 112 Å². The molecule has 1 saturated carbocycles. The van der Waals surface area contributed by atoms with Crippen molar-refractivity contribution in [3.8, 4) is 0 Å². The minimum absolute atomic E-state index is 0.0694. The second kappa shape index (κ2) is 6.68. The molecular weight excluding hydrogens is 240 g/mol. The number of hydrogen-bond donors (Lipinski definition) is 3. The zero-order chi connectivity index (χ0) is 13.5. The molecule has 2 rings (SSSR count). The third-order valence-corrected chi connectivity index (χ3v) is 3.20. The third-order valence-electron chi connectivity index (χ3n) is 3.20. The molecule has 0 spiro atoms. The molecule has 19 heavy (non-hydrogen) atoms. The molecule has 1 aromatic carbocycles. The number of hydrogen-bond acceptors (Lipinski definition) is 4. The zero-order valence-corrected chi connectivity index (χ0v) is 10.7. The van der Waals surface area contributed by atoms with Gasteiger partial charge in [-0.25, -0.2) is 0 Å². The molecule has 1 fully saturated rings. The summed E-state index contributed by atoms with van der Waals surface area (Å²) >= 11 is 0. The van der Waals surface area contributed by atoms with Gasteiger partial charge in [-0.15, -0.1) is 0 Å². The minimum Gasteiger partial charge on any atom is -0.349 e. The second-order valence-corrected chi connectivity index (χ2v) is 4.56. The number of nitrogens with zero attached hydrogens (tertiary/aromatic N) is 1. The summed E-state index contributed by atoms with van der Waals surface area (Å²) in [4.78, 5) is 12.2. The van der Waals surface area contributed by atoms with E-state index in [1.807, 2.05) is 12.1 Å². The fraction of sp³-hybridized carbons (Fsp3) is 0.357. The van der Waals surface area contributed by atoms with Crippen molar-refractivity contribution in [3.05, 3.63) is 29.8 Å². The van der Waals surface area contributed by atoms with Crippen LogP contribution in [0.2, 0.25) is 0 Å². The van der Waals surface area contributed by atoms with Gasteiger partial charge in [0.15, 0.2) is 0 Å². The minimum atomic E-state index is -0.0694. The summed E-state index contributed by atoms with van der Waals surface area (Å²) in [7, 11) is 0. The van der Waals surface area contributed by atoms with Crippen LogP contribution in [0.15, 0.2) is 29.4 Å². The van der Waals surface area contributed by atoms with E-state index in [4.69, 9.17) is 5.41 Å². The van der Waals surface area contributed by atoms with Crippen LogP contribution in [-0.4, -0.2) is 24.4 Å². The van der Waals surface area contributed by atoms with Gasteiger partial charge in [-0.2, -0.15) is 5.10 Å². The number of nitrogens with one attached hydrogen (secondary N) is 3. The van der Waals surface area contributed by atoms with Crippen LogP contribution in [0.5, 0.6) is 0 Å². The van der Waals surface area contributed by atoms with Gasteiger partial charge in [0.05, 0.1) is 17.5 Å². The molecule has 3 N–H and O–H groups in total. The van der Waals surface area contributed by atoms with Crippen molar-refractivity contribution < 1.29 is 4.79 Å². The first-order chi connectivity index (χ1) is 9.31. The first-order valence-corrected chi connectivity index (χ1v) is 6.49. The van der Waals surface area contributed by atoms with E-state index in [0.29, 0.717) is 17.3 Å². The maximum Gasteiger partial charge on any atom is 0.253 e. The van der Waals surface area contributed by atoms with Crippen molar-refractivity contribution in [2.75, 3.05) is 5.43 Å². The average Bonchev–Trinajstić information content (AvgIpc) is 2.92. The summed E-state index contributed by atoms with van der Waals surface area (Å²) in [5.41, 5.74) is 4.01. The van der Waals surface area contributed by atoms with Crippen LogP contribution in [0.3, 0.4) is 0 Å². The summed E-state index contributed by atoms with van der Waals surface area (Å²) < 4.78 is 0. The molecule has 0 aromatic heterocycles. The van der Waals surface area contributed by atoms with Crippen LogP contribution in [0.4, 0.5) is 5.69 Å². The van der Waals surface area contributed by atoms with Crippen molar-refractivity contribution in [2.45, 2.75) is 31.7 Å². The molecule has 1 aromatic rings. The first kappa shape index (κ1) is 13.3. The Morgan fingerprint density at radius 1 is 1.32 bits per heavy atom. The molecule has 100 valence electrons. The van der Waals surface area contributed by atoms with Gasteiger partial charge in [0.2, 0.25) is 0 Å². The van der Waals surface area contributed by atoms with E-state index in [-0.39, 0.29) is 5.91 Å². The SMILES string of the molecule is N=C/C=N\Nc1ccccc1C(=O)NC1CCCC1. The Morgan fingerprint density at radius 2 is 2.05 bits per heavy atom. The molecule has 0 unspecified atom stereocenters. The molecule has 1 amide bonds. The number of carbonyl (C=O) groups excluding carboxylic acids is 1. The van der Waals surface area contributed by atoms with Crippen LogP contribution < -0.4 is 10.7 Å². The van der Waals surface area contributed by atoms with Gasteiger partial charge in [0.1, 0.15) is 0 Å². The third kappa shape index (κ3) is 3.64. The molecular formula is C14H18N4O. The van der Waals surface area contributed by atoms with E-state index >= 15 is 0 Å². The highest BCUT2D eigenvalue weighted by molar-refractivity contribution is 6.14. The van der Waals surface area contributed by atoms with Crippen molar-refractivity contribution in [1.29, 1.82) is 5.41 Å². The number of para-hydroxylation sites is 1. The van der Waals surface area contributed by atoms with Gasteiger partial charge >= 0.3 is 0 Å². The van der Waals surface area contributed by atoms with E-state index in [2.05, 4.69) is 15.8 Å². The van der Waals surface area contributed by atoms with Crippen LogP contribution in [0.25, 0.3) is 0 Å². The fourth-order valence-electron chi connectivity index (χ4n) is 2.26. The van der Waals surface area contributed by atoms with Crippen molar-refractivity contribution in [2.24, 2.45) is 5.10 Å². The summed E-state index contributed by atoms with van der Waals surface area (Å²) in [5.74, 6) is -0.0694. The Kier molecular flexibility index (Phi) is 4.66. The van der Waals surface area contributed by atoms with Crippen molar-refractivity contribution in [1.82, 2.24) is 5.32 Å². The monoisotopic (exact) mass is 258 g/mol. The summed E-state index contributed by atoms with van der Waals surface area (Å²) in [6, 6.07) is 7.53. The lowest BCUT2D eigenvalue weighted by Crippen LogP contribution is -2.32. The van der Waals surface area contributed by atoms with Gasteiger partial charge in [-0.3, -0.25) is 10.2 Å². The number of anilines is 1. The molecule has 0 atom stereocenters. The van der Waals surface area contributed by atoms with Crippen molar-refractivity contribution >= 4 is 24.0 Å². The molecule has 0 aliphatic heterocycles. The van der Waals surface area contributed by atoms with Crippen LogP contribution in [0.1, 0.15) is 36.0 Å². The average molecular weight is 258 g/mol. The van der Waals surface area contributed by atoms with E-state index in [1.165, 1.54) is 19.1 Å². The van der Waals surface area contributed by atoms with Crippen LogP contribution in [0, 0.1) is 5.41 Å². The molecule has 0 heterocycles. The molecule has 5 nitrogen and oxygen atoms in total. The van der Waals surface area contributed by atoms with E-state index < -0.39 is 0 Å². The maximum atomic E-state index is 12.2. The molecule has 0 radical (unpaired) electrons. The van der Waals surface area contributed by atoms with Crippen molar-refractivity contribution in [3.63, 3.8) is 0 Å². The lowest BCUT2D eigenvalue weighted by molar-refractivity contribution is 0.0938. The molecule has 0 saturated heterocycles. The lowest BCUT2D eigenvalue weighted by Gasteiger charge is -2.13. The largest absolute Gasteiger partial charge is 0.349 e. The summed E-state index contributed by atoms with van der Waals surface area (Å²) in [6.07, 6.45) is 6.91. The van der Waals surface area contributed by atoms with Gasteiger partial charge in [0, 0.05) is 12.3 Å². The number of carbonyl (C=O) groups is 1. The van der Waals surface area contributed by atoms with Crippen LogP contribution >= 0.6 is 0 Å². The Balaban J connectivity index is 2.06. The van der Waals surface area contributed by atoms with E-state index in [1.54, 1.807) is 12.1 Å². The standard InChI is InChI=1S/C14H18N4O/c15-9-10-16-18-13-8-4-3-7-12(13)14(19)17-11-5-1-2-6-11/h3-4,7-11,15,18H,1-2,5-6H2,(H,17,19)/b15-9?,16-10-. The maximum absolute atomic E-state index is 12.2. The van der Waals surface area contributed by atoms with Crippen LogP contribution in [-0.2, 0) is 0 Å². The normalized spacial score (nSPS) is 15.6. The number of amides is 1. The Morgan fingerprint density at radius 3 is 2.79 bits per heavy atom. The molecule has 1 aliphatic carbocycles. The highest BCUT2D eigenvalue weighted by atomic mass is 16.1. The fourth-order valence-corrected chi connectivity index (χ4v) is 2.26. The zero-order valence-electron chi connectivity index (χ0n) is 10.7. The summed E-state index contributed by atoms with van der Waals surface area (Å²) in [5, 5.41) is 13.7. The first-order valence-electron chi connectivity index (χ1n) is 6.49. The second-order valence-electron chi connectivity index (χ2n) is 4.56. The van der Waals surface area contributed by atoms with Gasteiger partial charge < -0.3 is 10.7 Å². The summed E-state index contributed by atoms with van der Waals surface area (Å²) in [6.45, 7) is 0. The Bertz CT molecular complexity index is 478. The molecule has 1 aliphatic rings. The lowest BCUT2D eigenvalue weighted by atomic mass is 10.1. The number of benzene rings is 1. The smallest absolute Gasteiger partial charge is 0.253 e. The predicted octanol–water partition coefficient (Wildman–Crippen LogP) is 2.41. The van der Waals surface area contributed by atoms with E-state index in [9.17, 15) is 4.79 Å². The predicted molar refractivity (Wildman–Crippen MR) is 77.1 cm³/mol. The quantitative estimate of drug-likeness (QED) is 0.560. The molecule has 0 bridgehead atoms. The van der Waals surface area contributed by atoms with E-state index in [0.717, 1.165) is 19.1 Å². The number of hydrazone groups is 1. The number of rotatable bonds is 5. The van der Waals surface area contributed by atoms with Gasteiger partial charge in [-0.1, -0.05) is 25.0 Å². The van der Waals surface area contributed by atoms with Gasteiger partial charge in [-0.05, 0) is 25.0 Å². The molecule has 5 heteroatoms. The van der Waals surface area contributed by atoms with Gasteiger partial charge in [0.25, 0.3) is 5.91 Å². The topological polar surface area (TPSA) is 77.3 Å². The highest BCUT2D eigenvalue weighted by Crippen LogP contribution is 2.20. The Hall–Kier alpha value is -2.17.